The van der Waals surface area contributed by atoms with Gasteiger partial charge in [-0.25, -0.2) is 4.68 Å². The fraction of sp³-hybridized carbons (Fsp3) is 0.250. The number of aromatic nitrogens is 3. The summed E-state index contributed by atoms with van der Waals surface area (Å²) in [5.41, 5.74) is 2.88. The minimum absolute atomic E-state index is 0.110. The van der Waals surface area contributed by atoms with Crippen LogP contribution in [0.3, 0.4) is 0 Å². The van der Waals surface area contributed by atoms with E-state index in [-0.39, 0.29) is 5.91 Å². The summed E-state index contributed by atoms with van der Waals surface area (Å²) in [6.07, 6.45) is 1.88. The number of hydrogen-bond donors (Lipinski definition) is 1. The maximum Gasteiger partial charge on any atom is 0.252 e. The lowest BCUT2D eigenvalue weighted by Gasteiger charge is -2.24. The summed E-state index contributed by atoms with van der Waals surface area (Å²) in [5, 5.41) is 11.5. The molecule has 1 heterocycles. The second-order valence-corrected chi connectivity index (χ2v) is 6.68. The van der Waals surface area contributed by atoms with E-state index in [1.807, 2.05) is 81.6 Å². The van der Waals surface area contributed by atoms with Crippen LogP contribution in [0.4, 0.5) is 0 Å². The maximum atomic E-state index is 12.6. The number of hydrogen-bond acceptors (Lipinski definition) is 3. The summed E-state index contributed by atoms with van der Waals surface area (Å²) < 4.78 is 1.78. The molecule has 2 aromatic carbocycles. The lowest BCUT2D eigenvalue weighted by Crippen LogP contribution is -2.41. The SMILES string of the molecule is Cc1ccccc1C(=O)NC(C)(C)c1cn(Cc2ccccc2)nn1. The van der Waals surface area contributed by atoms with Gasteiger partial charge in [0.25, 0.3) is 5.91 Å². The largest absolute Gasteiger partial charge is 0.341 e. The fourth-order valence-electron chi connectivity index (χ4n) is 2.68. The molecule has 0 atom stereocenters. The molecule has 0 saturated heterocycles. The van der Waals surface area contributed by atoms with Crippen molar-refractivity contribution in [2.45, 2.75) is 32.9 Å². The number of carbonyl (C=O) groups is 1. The van der Waals surface area contributed by atoms with Crippen molar-refractivity contribution in [3.63, 3.8) is 0 Å². The smallest absolute Gasteiger partial charge is 0.252 e. The number of aryl methyl sites for hydroxylation is 1. The molecule has 0 aliphatic rings. The molecular formula is C20H22N4O. The van der Waals surface area contributed by atoms with Crippen LogP contribution in [0.2, 0.25) is 0 Å². The molecule has 0 bridgehead atoms. The first kappa shape index (κ1) is 16.9. The third-order valence-corrected chi connectivity index (χ3v) is 4.18. The first-order valence-electron chi connectivity index (χ1n) is 8.28. The molecule has 0 aliphatic carbocycles. The highest BCUT2D eigenvalue weighted by molar-refractivity contribution is 5.96. The number of amides is 1. The molecule has 1 N–H and O–H groups in total. The molecule has 128 valence electrons. The first-order valence-corrected chi connectivity index (χ1v) is 8.28. The summed E-state index contributed by atoms with van der Waals surface area (Å²) in [5.74, 6) is -0.110. The highest BCUT2D eigenvalue weighted by atomic mass is 16.1. The Morgan fingerprint density at radius 1 is 1.08 bits per heavy atom. The van der Waals surface area contributed by atoms with Gasteiger partial charge in [-0.15, -0.1) is 5.10 Å². The van der Waals surface area contributed by atoms with Crippen LogP contribution < -0.4 is 5.32 Å². The zero-order valence-corrected chi connectivity index (χ0v) is 14.7. The van der Waals surface area contributed by atoms with Crippen molar-refractivity contribution in [3.05, 3.63) is 83.2 Å². The van der Waals surface area contributed by atoms with Crippen LogP contribution in [-0.4, -0.2) is 20.9 Å². The van der Waals surface area contributed by atoms with Crippen LogP contribution in [0.25, 0.3) is 0 Å². The van der Waals surface area contributed by atoms with Gasteiger partial charge < -0.3 is 5.32 Å². The number of rotatable bonds is 5. The van der Waals surface area contributed by atoms with Crippen LogP contribution in [-0.2, 0) is 12.1 Å². The summed E-state index contributed by atoms with van der Waals surface area (Å²) in [4.78, 5) is 12.6. The zero-order chi connectivity index (χ0) is 17.9. The van der Waals surface area contributed by atoms with E-state index in [4.69, 9.17) is 0 Å². The minimum Gasteiger partial charge on any atom is -0.341 e. The Bertz CT molecular complexity index is 868. The van der Waals surface area contributed by atoms with E-state index in [0.29, 0.717) is 12.1 Å². The molecule has 5 heteroatoms. The summed E-state index contributed by atoms with van der Waals surface area (Å²) in [6.45, 7) is 6.44. The summed E-state index contributed by atoms with van der Waals surface area (Å²) in [6, 6.07) is 17.6. The van der Waals surface area contributed by atoms with Gasteiger partial charge in [0.15, 0.2) is 0 Å². The highest BCUT2D eigenvalue weighted by Gasteiger charge is 2.27. The zero-order valence-electron chi connectivity index (χ0n) is 14.7. The van der Waals surface area contributed by atoms with E-state index >= 15 is 0 Å². The molecule has 0 fully saturated rings. The third kappa shape index (κ3) is 3.94. The topological polar surface area (TPSA) is 59.8 Å². The van der Waals surface area contributed by atoms with E-state index in [0.717, 1.165) is 16.8 Å². The molecule has 0 unspecified atom stereocenters. The van der Waals surface area contributed by atoms with Crippen LogP contribution in [0.15, 0.2) is 60.8 Å². The van der Waals surface area contributed by atoms with Crippen LogP contribution in [0.5, 0.6) is 0 Å². The second kappa shape index (κ2) is 6.89. The predicted molar refractivity (Wildman–Crippen MR) is 97.2 cm³/mol. The average Bonchev–Trinajstić information content (AvgIpc) is 3.05. The Labute approximate surface area is 147 Å². The van der Waals surface area contributed by atoms with Gasteiger partial charge in [0.2, 0.25) is 0 Å². The molecule has 0 aliphatic heterocycles. The predicted octanol–water partition coefficient (Wildman–Crippen LogP) is 3.30. The van der Waals surface area contributed by atoms with Gasteiger partial charge in [0.1, 0.15) is 5.69 Å². The van der Waals surface area contributed by atoms with Crippen LogP contribution in [0.1, 0.15) is 41.0 Å². The van der Waals surface area contributed by atoms with E-state index in [1.54, 1.807) is 4.68 Å². The molecule has 3 aromatic rings. The number of benzene rings is 2. The Morgan fingerprint density at radius 3 is 2.48 bits per heavy atom. The normalized spacial score (nSPS) is 11.3. The molecule has 3 rings (SSSR count). The Balaban J connectivity index is 1.74. The maximum absolute atomic E-state index is 12.6. The van der Waals surface area contributed by atoms with Crippen molar-refractivity contribution in [1.29, 1.82) is 0 Å². The van der Waals surface area contributed by atoms with Gasteiger partial charge in [0.05, 0.1) is 18.3 Å². The lowest BCUT2D eigenvalue weighted by molar-refractivity contribution is 0.0909. The van der Waals surface area contributed by atoms with Gasteiger partial charge >= 0.3 is 0 Å². The van der Waals surface area contributed by atoms with Crippen molar-refractivity contribution in [2.24, 2.45) is 0 Å². The van der Waals surface area contributed by atoms with Gasteiger partial charge in [-0.1, -0.05) is 53.7 Å². The van der Waals surface area contributed by atoms with Crippen molar-refractivity contribution in [3.8, 4) is 0 Å². The van der Waals surface area contributed by atoms with E-state index < -0.39 is 5.54 Å². The minimum atomic E-state index is -0.617. The second-order valence-electron chi connectivity index (χ2n) is 6.68. The molecular weight excluding hydrogens is 312 g/mol. The molecule has 0 saturated carbocycles. The third-order valence-electron chi connectivity index (χ3n) is 4.18. The number of nitrogens with zero attached hydrogens (tertiary/aromatic N) is 3. The quantitative estimate of drug-likeness (QED) is 0.779. The standard InChI is InChI=1S/C20H22N4O/c1-15-9-7-8-12-17(15)19(25)21-20(2,3)18-14-24(23-22-18)13-16-10-5-4-6-11-16/h4-12,14H,13H2,1-3H3,(H,21,25). The summed E-state index contributed by atoms with van der Waals surface area (Å²) in [7, 11) is 0. The fourth-order valence-corrected chi connectivity index (χ4v) is 2.68. The summed E-state index contributed by atoms with van der Waals surface area (Å²) >= 11 is 0. The molecule has 5 nitrogen and oxygen atoms in total. The average molecular weight is 334 g/mol. The van der Waals surface area contributed by atoms with Gasteiger partial charge in [0, 0.05) is 5.56 Å². The van der Waals surface area contributed by atoms with Crippen LogP contribution in [0, 0.1) is 6.92 Å². The van der Waals surface area contributed by atoms with Gasteiger partial charge in [-0.2, -0.15) is 0 Å². The molecule has 1 aromatic heterocycles. The first-order chi connectivity index (χ1) is 12.0. The van der Waals surface area contributed by atoms with E-state index in [9.17, 15) is 4.79 Å². The van der Waals surface area contributed by atoms with Gasteiger partial charge in [-0.3, -0.25) is 4.79 Å². The molecule has 0 spiro atoms. The molecule has 1 amide bonds. The highest BCUT2D eigenvalue weighted by Crippen LogP contribution is 2.19. The Kier molecular flexibility index (Phi) is 4.65. The Morgan fingerprint density at radius 2 is 1.76 bits per heavy atom. The van der Waals surface area contributed by atoms with Crippen LogP contribution >= 0.6 is 0 Å². The van der Waals surface area contributed by atoms with Gasteiger partial charge in [-0.05, 0) is 38.0 Å². The monoisotopic (exact) mass is 334 g/mol. The van der Waals surface area contributed by atoms with E-state index in [2.05, 4.69) is 15.6 Å². The molecule has 0 radical (unpaired) electrons. The molecule has 25 heavy (non-hydrogen) atoms. The van der Waals surface area contributed by atoms with Crippen molar-refractivity contribution < 1.29 is 4.79 Å². The van der Waals surface area contributed by atoms with Crippen molar-refractivity contribution >= 4 is 5.91 Å². The number of carbonyl (C=O) groups excluding carboxylic acids is 1. The number of nitrogens with one attached hydrogen (secondary N) is 1. The van der Waals surface area contributed by atoms with Crippen molar-refractivity contribution in [2.75, 3.05) is 0 Å². The Hall–Kier alpha value is -2.95. The lowest BCUT2D eigenvalue weighted by atomic mass is 10.00. The van der Waals surface area contributed by atoms with Crippen molar-refractivity contribution in [1.82, 2.24) is 20.3 Å². The van der Waals surface area contributed by atoms with E-state index in [1.165, 1.54) is 0 Å².